The van der Waals surface area contributed by atoms with Gasteiger partial charge in [0.15, 0.2) is 0 Å². The fourth-order valence-electron chi connectivity index (χ4n) is 3.60. The zero-order chi connectivity index (χ0) is 18.6. The standard InChI is InChI=1S/C22H24N2O3/c1-26-19-7-8-21-20(14-19)18(16-27-21)13-22(25)24-11-9-23(10-12-24)15-17-5-3-2-4-6-17/h2-8,14,16H,9-13,15H2,1H3. The highest BCUT2D eigenvalue weighted by molar-refractivity contribution is 5.88. The van der Waals surface area contributed by atoms with Crippen molar-refractivity contribution in [1.82, 2.24) is 9.80 Å². The number of methoxy groups -OCH3 is 1. The molecule has 2 heterocycles. The molecule has 1 fully saturated rings. The van der Waals surface area contributed by atoms with Gasteiger partial charge in [0.05, 0.1) is 19.8 Å². The first kappa shape index (κ1) is 17.6. The number of benzene rings is 2. The summed E-state index contributed by atoms with van der Waals surface area (Å²) in [5, 5.41) is 0.949. The van der Waals surface area contributed by atoms with Gasteiger partial charge < -0.3 is 14.1 Å². The Kier molecular flexibility index (Phi) is 5.12. The van der Waals surface area contributed by atoms with E-state index in [1.165, 1.54) is 5.56 Å². The number of hydrogen-bond acceptors (Lipinski definition) is 4. The Hall–Kier alpha value is -2.79. The molecule has 1 aliphatic heterocycles. The van der Waals surface area contributed by atoms with Crippen LogP contribution in [0.15, 0.2) is 59.2 Å². The van der Waals surface area contributed by atoms with Crippen LogP contribution in [0.5, 0.6) is 5.75 Å². The fraction of sp³-hybridized carbons (Fsp3) is 0.318. The van der Waals surface area contributed by atoms with Crippen LogP contribution in [0.2, 0.25) is 0 Å². The Balaban J connectivity index is 1.36. The molecule has 0 spiro atoms. The number of ether oxygens (including phenoxy) is 1. The molecule has 0 bridgehead atoms. The van der Waals surface area contributed by atoms with Crippen LogP contribution in [0.3, 0.4) is 0 Å². The third-order valence-corrected chi connectivity index (χ3v) is 5.18. The third-order valence-electron chi connectivity index (χ3n) is 5.18. The average molecular weight is 364 g/mol. The van der Waals surface area contributed by atoms with Gasteiger partial charge in [-0.25, -0.2) is 0 Å². The fourth-order valence-corrected chi connectivity index (χ4v) is 3.60. The molecule has 1 aromatic heterocycles. The highest BCUT2D eigenvalue weighted by Gasteiger charge is 2.22. The molecular formula is C22H24N2O3. The van der Waals surface area contributed by atoms with E-state index < -0.39 is 0 Å². The number of hydrogen-bond donors (Lipinski definition) is 0. The van der Waals surface area contributed by atoms with Gasteiger partial charge in [0, 0.05) is 43.7 Å². The summed E-state index contributed by atoms with van der Waals surface area (Å²) in [4.78, 5) is 17.1. The first-order chi connectivity index (χ1) is 13.2. The summed E-state index contributed by atoms with van der Waals surface area (Å²) in [6.45, 7) is 4.28. The van der Waals surface area contributed by atoms with Crippen molar-refractivity contribution in [3.63, 3.8) is 0 Å². The number of piperazine rings is 1. The van der Waals surface area contributed by atoms with Crippen molar-refractivity contribution in [1.29, 1.82) is 0 Å². The first-order valence-corrected chi connectivity index (χ1v) is 9.31. The maximum Gasteiger partial charge on any atom is 0.227 e. The molecular weight excluding hydrogens is 340 g/mol. The van der Waals surface area contributed by atoms with Crippen LogP contribution in [-0.2, 0) is 17.8 Å². The van der Waals surface area contributed by atoms with E-state index in [1.54, 1.807) is 13.4 Å². The van der Waals surface area contributed by atoms with Crippen molar-refractivity contribution in [2.24, 2.45) is 0 Å². The molecule has 5 heteroatoms. The van der Waals surface area contributed by atoms with Gasteiger partial charge in [0.1, 0.15) is 11.3 Å². The number of fused-ring (bicyclic) bond motifs is 1. The topological polar surface area (TPSA) is 45.9 Å². The molecule has 0 saturated carbocycles. The second kappa shape index (κ2) is 7.84. The van der Waals surface area contributed by atoms with E-state index in [-0.39, 0.29) is 5.91 Å². The second-order valence-electron chi connectivity index (χ2n) is 6.94. The van der Waals surface area contributed by atoms with Crippen LogP contribution >= 0.6 is 0 Å². The van der Waals surface area contributed by atoms with Crippen LogP contribution in [0.25, 0.3) is 11.0 Å². The van der Waals surface area contributed by atoms with Gasteiger partial charge >= 0.3 is 0 Å². The molecule has 1 saturated heterocycles. The molecule has 1 amide bonds. The van der Waals surface area contributed by atoms with Crippen molar-refractivity contribution in [3.05, 3.63) is 65.9 Å². The lowest BCUT2D eigenvalue weighted by Crippen LogP contribution is -2.48. The molecule has 0 atom stereocenters. The minimum Gasteiger partial charge on any atom is -0.497 e. The van der Waals surface area contributed by atoms with E-state index >= 15 is 0 Å². The Morgan fingerprint density at radius 1 is 1.07 bits per heavy atom. The molecule has 5 nitrogen and oxygen atoms in total. The van der Waals surface area contributed by atoms with Crippen LogP contribution < -0.4 is 4.74 Å². The molecule has 0 radical (unpaired) electrons. The average Bonchev–Trinajstić information content (AvgIpc) is 3.11. The lowest BCUT2D eigenvalue weighted by molar-refractivity contribution is -0.132. The minimum absolute atomic E-state index is 0.153. The molecule has 140 valence electrons. The lowest BCUT2D eigenvalue weighted by atomic mass is 10.1. The normalized spacial score (nSPS) is 15.2. The molecule has 3 aromatic rings. The maximum absolute atomic E-state index is 12.8. The molecule has 1 aliphatic rings. The first-order valence-electron chi connectivity index (χ1n) is 9.31. The molecule has 4 rings (SSSR count). The van der Waals surface area contributed by atoms with Crippen molar-refractivity contribution in [2.45, 2.75) is 13.0 Å². The van der Waals surface area contributed by atoms with Gasteiger partial charge in [-0.1, -0.05) is 30.3 Å². The number of rotatable bonds is 5. The zero-order valence-corrected chi connectivity index (χ0v) is 15.6. The highest BCUT2D eigenvalue weighted by atomic mass is 16.5. The quantitative estimate of drug-likeness (QED) is 0.697. The lowest BCUT2D eigenvalue weighted by Gasteiger charge is -2.34. The summed E-state index contributed by atoms with van der Waals surface area (Å²) < 4.78 is 10.9. The van der Waals surface area contributed by atoms with E-state index in [2.05, 4.69) is 29.2 Å². The summed E-state index contributed by atoms with van der Waals surface area (Å²) in [6, 6.07) is 16.1. The van der Waals surface area contributed by atoms with Crippen LogP contribution in [-0.4, -0.2) is 49.0 Å². The van der Waals surface area contributed by atoms with E-state index in [1.807, 2.05) is 29.2 Å². The van der Waals surface area contributed by atoms with Crippen molar-refractivity contribution in [2.75, 3.05) is 33.3 Å². The van der Waals surface area contributed by atoms with E-state index in [9.17, 15) is 4.79 Å². The number of carbonyl (C=O) groups excluding carboxylic acids is 1. The predicted molar refractivity (Wildman–Crippen MR) is 105 cm³/mol. The molecule has 0 unspecified atom stereocenters. The largest absolute Gasteiger partial charge is 0.497 e. The number of furan rings is 1. The highest BCUT2D eigenvalue weighted by Crippen LogP contribution is 2.26. The molecule has 0 aliphatic carbocycles. The summed E-state index contributed by atoms with van der Waals surface area (Å²) in [5.41, 5.74) is 3.02. The minimum atomic E-state index is 0.153. The van der Waals surface area contributed by atoms with Crippen molar-refractivity contribution >= 4 is 16.9 Å². The number of carbonyl (C=O) groups is 1. The molecule has 27 heavy (non-hydrogen) atoms. The summed E-state index contributed by atoms with van der Waals surface area (Å²) in [7, 11) is 1.64. The van der Waals surface area contributed by atoms with Crippen molar-refractivity contribution < 1.29 is 13.9 Å². The maximum atomic E-state index is 12.8. The monoisotopic (exact) mass is 364 g/mol. The van der Waals surface area contributed by atoms with E-state index in [0.29, 0.717) is 6.42 Å². The van der Waals surface area contributed by atoms with Crippen LogP contribution in [0, 0.1) is 0 Å². The van der Waals surface area contributed by atoms with Gasteiger partial charge in [-0.05, 0) is 23.8 Å². The molecule has 2 aromatic carbocycles. The predicted octanol–water partition coefficient (Wildman–Crippen LogP) is 3.33. The van der Waals surface area contributed by atoms with Crippen molar-refractivity contribution in [3.8, 4) is 5.75 Å². The third kappa shape index (κ3) is 3.98. The smallest absolute Gasteiger partial charge is 0.227 e. The number of amides is 1. The van der Waals surface area contributed by atoms with Gasteiger partial charge in [0.25, 0.3) is 0 Å². The Morgan fingerprint density at radius 3 is 2.59 bits per heavy atom. The second-order valence-corrected chi connectivity index (χ2v) is 6.94. The van der Waals surface area contributed by atoms with Gasteiger partial charge in [-0.3, -0.25) is 9.69 Å². The van der Waals surface area contributed by atoms with Crippen LogP contribution in [0.4, 0.5) is 0 Å². The zero-order valence-electron chi connectivity index (χ0n) is 15.6. The Bertz CT molecular complexity index is 912. The Morgan fingerprint density at radius 2 is 1.85 bits per heavy atom. The van der Waals surface area contributed by atoms with E-state index in [0.717, 1.165) is 55.0 Å². The summed E-state index contributed by atoms with van der Waals surface area (Å²) in [5.74, 6) is 0.923. The Labute approximate surface area is 159 Å². The van der Waals surface area contributed by atoms with Gasteiger partial charge in [-0.2, -0.15) is 0 Å². The summed E-state index contributed by atoms with van der Waals surface area (Å²) in [6.07, 6.45) is 2.05. The SMILES string of the molecule is COc1ccc2occ(CC(=O)N3CCN(Cc4ccccc4)CC3)c2c1. The molecule has 0 N–H and O–H groups in total. The number of nitrogens with zero attached hydrogens (tertiary/aromatic N) is 2. The van der Waals surface area contributed by atoms with E-state index in [4.69, 9.17) is 9.15 Å². The van der Waals surface area contributed by atoms with Gasteiger partial charge in [-0.15, -0.1) is 0 Å². The summed E-state index contributed by atoms with van der Waals surface area (Å²) >= 11 is 0. The van der Waals surface area contributed by atoms with Crippen LogP contribution in [0.1, 0.15) is 11.1 Å². The van der Waals surface area contributed by atoms with Gasteiger partial charge in [0.2, 0.25) is 5.91 Å².